The Balaban J connectivity index is 1.12. The molecule has 0 amide bonds. The van der Waals surface area contributed by atoms with Crippen molar-refractivity contribution in [2.24, 2.45) is 0 Å². The second kappa shape index (κ2) is 10.5. The van der Waals surface area contributed by atoms with Gasteiger partial charge in [-0.15, -0.1) is 34.0 Å². The van der Waals surface area contributed by atoms with Crippen LogP contribution in [0.15, 0.2) is 150 Å². The summed E-state index contributed by atoms with van der Waals surface area (Å²) in [6.45, 7) is 0. The number of aromatic nitrogens is 1. The minimum atomic E-state index is 0.865. The molecule has 49 heavy (non-hydrogen) atoms. The van der Waals surface area contributed by atoms with Crippen molar-refractivity contribution in [2.45, 2.75) is 0 Å². The maximum Gasteiger partial charge on any atom is 0.137 e. The van der Waals surface area contributed by atoms with Crippen molar-refractivity contribution >= 4 is 124 Å². The molecule has 0 bridgehead atoms. The predicted molar refractivity (Wildman–Crippen MR) is 213 cm³/mol. The van der Waals surface area contributed by atoms with E-state index in [2.05, 4.69) is 144 Å². The van der Waals surface area contributed by atoms with Gasteiger partial charge in [-0.1, -0.05) is 72.8 Å². The molecule has 0 unspecified atom stereocenters. The summed E-state index contributed by atoms with van der Waals surface area (Å²) in [5.74, 6) is 0. The van der Waals surface area contributed by atoms with E-state index in [1.165, 1.54) is 40.3 Å². The number of anilines is 3. The normalized spacial score (nSPS) is 12.1. The molecule has 11 rings (SSSR count). The molecular weight excluding hydrogens is 657 g/mol. The minimum absolute atomic E-state index is 0.865. The van der Waals surface area contributed by atoms with Gasteiger partial charge in [0.1, 0.15) is 16.2 Å². The van der Waals surface area contributed by atoms with Crippen molar-refractivity contribution in [3.63, 3.8) is 0 Å². The lowest BCUT2D eigenvalue weighted by atomic mass is 10.1. The molecule has 0 N–H and O–H groups in total. The second-order valence-corrected chi connectivity index (χ2v) is 15.5. The van der Waals surface area contributed by atoms with Crippen molar-refractivity contribution < 1.29 is 4.42 Å². The lowest BCUT2D eigenvalue weighted by Gasteiger charge is -2.25. The van der Waals surface area contributed by atoms with Crippen LogP contribution in [0.25, 0.3) is 83.1 Å². The van der Waals surface area contributed by atoms with E-state index in [1.807, 2.05) is 28.7 Å². The summed E-state index contributed by atoms with van der Waals surface area (Å²) < 4.78 is 13.0. The van der Waals surface area contributed by atoms with Crippen molar-refractivity contribution in [3.8, 4) is 10.6 Å². The highest BCUT2D eigenvalue weighted by molar-refractivity contribution is 7.26. The standard InChI is InChI=1S/C43H24N2OS3/c1-2-8-25(9-3-1)43-44-34-19-20-35-41(42(34)49-43)32-18-15-27(23-36(32)46-35)45(26-16-21-39-33(22-26)30-11-5-7-13-38(30)47-39)28-14-17-31-29-10-4-6-12-37(29)48-40(31)24-28/h1-24H. The maximum absolute atomic E-state index is 6.62. The summed E-state index contributed by atoms with van der Waals surface area (Å²) in [7, 11) is 0. The lowest BCUT2D eigenvalue weighted by molar-refractivity contribution is 0.669. The fraction of sp³-hybridized carbons (Fsp3) is 0. The Labute approximate surface area is 292 Å². The molecule has 4 aromatic heterocycles. The molecule has 0 saturated heterocycles. The van der Waals surface area contributed by atoms with Crippen LogP contribution < -0.4 is 4.90 Å². The molecule has 7 aromatic carbocycles. The molecule has 0 aliphatic carbocycles. The number of hydrogen-bond acceptors (Lipinski definition) is 6. The van der Waals surface area contributed by atoms with E-state index in [0.717, 1.165) is 59.8 Å². The van der Waals surface area contributed by atoms with Gasteiger partial charge in [0.15, 0.2) is 0 Å². The Morgan fingerprint density at radius 1 is 0.449 bits per heavy atom. The van der Waals surface area contributed by atoms with Crippen LogP contribution in [0, 0.1) is 0 Å². The first kappa shape index (κ1) is 27.4. The van der Waals surface area contributed by atoms with Crippen LogP contribution in [-0.2, 0) is 0 Å². The number of rotatable bonds is 4. The van der Waals surface area contributed by atoms with E-state index in [-0.39, 0.29) is 0 Å². The van der Waals surface area contributed by atoms with Crippen LogP contribution in [0.4, 0.5) is 17.1 Å². The second-order valence-electron chi connectivity index (χ2n) is 12.3. The summed E-state index contributed by atoms with van der Waals surface area (Å²) >= 11 is 5.43. The van der Waals surface area contributed by atoms with E-state index < -0.39 is 0 Å². The highest BCUT2D eigenvalue weighted by atomic mass is 32.1. The van der Waals surface area contributed by atoms with E-state index >= 15 is 0 Å². The topological polar surface area (TPSA) is 29.3 Å². The third-order valence-corrected chi connectivity index (χ3v) is 12.9. The van der Waals surface area contributed by atoms with Gasteiger partial charge in [-0.2, -0.15) is 0 Å². The van der Waals surface area contributed by atoms with E-state index in [1.54, 1.807) is 11.3 Å². The Hall–Kier alpha value is -5.53. The van der Waals surface area contributed by atoms with Gasteiger partial charge in [-0.05, 0) is 66.7 Å². The molecule has 0 fully saturated rings. The minimum Gasteiger partial charge on any atom is -0.456 e. The van der Waals surface area contributed by atoms with Gasteiger partial charge in [-0.25, -0.2) is 4.98 Å². The number of fused-ring (bicyclic) bond motifs is 11. The van der Waals surface area contributed by atoms with Crippen LogP contribution in [0.5, 0.6) is 0 Å². The van der Waals surface area contributed by atoms with Crippen molar-refractivity contribution in [2.75, 3.05) is 4.90 Å². The average Bonchev–Trinajstić information content (AvgIpc) is 3.92. The average molecular weight is 681 g/mol. The molecule has 3 nitrogen and oxygen atoms in total. The number of thiophene rings is 2. The smallest absolute Gasteiger partial charge is 0.137 e. The van der Waals surface area contributed by atoms with Crippen LogP contribution in [-0.4, -0.2) is 4.98 Å². The molecule has 0 radical (unpaired) electrons. The molecule has 0 aliphatic heterocycles. The Morgan fingerprint density at radius 2 is 1.08 bits per heavy atom. The fourth-order valence-corrected chi connectivity index (χ4v) is 10.6. The lowest BCUT2D eigenvalue weighted by Crippen LogP contribution is -2.09. The monoisotopic (exact) mass is 680 g/mol. The third kappa shape index (κ3) is 4.21. The number of benzene rings is 7. The van der Waals surface area contributed by atoms with Crippen LogP contribution >= 0.6 is 34.0 Å². The largest absolute Gasteiger partial charge is 0.456 e. The first-order chi connectivity index (χ1) is 24.2. The number of nitrogens with zero attached hydrogens (tertiary/aromatic N) is 2. The van der Waals surface area contributed by atoms with E-state index in [9.17, 15) is 0 Å². The number of furan rings is 1. The summed E-state index contributed by atoms with van der Waals surface area (Å²) in [5.41, 5.74) is 7.16. The van der Waals surface area contributed by atoms with Crippen molar-refractivity contribution in [1.82, 2.24) is 4.98 Å². The molecule has 6 heteroatoms. The highest BCUT2D eigenvalue weighted by Gasteiger charge is 2.20. The van der Waals surface area contributed by atoms with Gasteiger partial charge < -0.3 is 9.32 Å². The Bertz CT molecular complexity index is 3070. The SMILES string of the molecule is c1ccc(-c2nc3ccc4oc5cc(N(c6ccc7c(c6)sc6ccccc67)c6ccc7sc8ccccc8c7c6)ccc5c4c3s2)cc1. The van der Waals surface area contributed by atoms with Crippen LogP contribution in [0.2, 0.25) is 0 Å². The highest BCUT2D eigenvalue weighted by Crippen LogP contribution is 2.45. The van der Waals surface area contributed by atoms with E-state index in [0.29, 0.717) is 0 Å². The molecular formula is C43H24N2OS3. The quantitative estimate of drug-likeness (QED) is 0.185. The Kier molecular flexibility index (Phi) is 5.87. The van der Waals surface area contributed by atoms with Crippen LogP contribution in [0.1, 0.15) is 0 Å². The first-order valence-electron chi connectivity index (χ1n) is 16.2. The zero-order valence-electron chi connectivity index (χ0n) is 25.9. The number of thiazole rings is 1. The van der Waals surface area contributed by atoms with Gasteiger partial charge in [0.25, 0.3) is 0 Å². The van der Waals surface area contributed by atoms with Crippen molar-refractivity contribution in [1.29, 1.82) is 0 Å². The van der Waals surface area contributed by atoms with Crippen LogP contribution in [0.3, 0.4) is 0 Å². The molecule has 0 spiro atoms. The number of hydrogen-bond donors (Lipinski definition) is 0. The molecule has 11 aromatic rings. The summed E-state index contributed by atoms with van der Waals surface area (Å²) in [5, 5.41) is 8.42. The Morgan fingerprint density at radius 3 is 1.92 bits per heavy atom. The molecule has 0 saturated carbocycles. The van der Waals surface area contributed by atoms with Gasteiger partial charge in [0, 0.05) is 79.8 Å². The fourth-order valence-electron chi connectivity index (χ4n) is 7.23. The summed E-state index contributed by atoms with van der Waals surface area (Å²) in [6, 6.07) is 52.3. The van der Waals surface area contributed by atoms with Gasteiger partial charge in [0.2, 0.25) is 0 Å². The van der Waals surface area contributed by atoms with Gasteiger partial charge >= 0.3 is 0 Å². The molecule has 4 heterocycles. The molecule has 230 valence electrons. The summed E-state index contributed by atoms with van der Waals surface area (Å²) in [4.78, 5) is 7.37. The maximum atomic E-state index is 6.62. The van der Waals surface area contributed by atoms with E-state index in [4.69, 9.17) is 9.40 Å². The molecule has 0 atom stereocenters. The zero-order chi connectivity index (χ0) is 32.1. The summed E-state index contributed by atoms with van der Waals surface area (Å²) in [6.07, 6.45) is 0. The third-order valence-electron chi connectivity index (χ3n) is 9.49. The van der Waals surface area contributed by atoms with Gasteiger partial charge in [-0.3, -0.25) is 0 Å². The molecule has 0 aliphatic rings. The predicted octanol–water partition coefficient (Wildman–Crippen LogP) is 14.1. The van der Waals surface area contributed by atoms with Gasteiger partial charge in [0.05, 0.1) is 10.2 Å². The van der Waals surface area contributed by atoms with Crippen molar-refractivity contribution in [3.05, 3.63) is 146 Å². The first-order valence-corrected chi connectivity index (χ1v) is 18.6. The zero-order valence-corrected chi connectivity index (χ0v) is 28.3.